The monoisotopic (exact) mass is 446 g/mol. The van der Waals surface area contributed by atoms with Crippen molar-refractivity contribution in [1.29, 1.82) is 0 Å². The third-order valence-corrected chi connectivity index (χ3v) is 6.18. The zero-order valence-corrected chi connectivity index (χ0v) is 18.1. The fourth-order valence-corrected chi connectivity index (χ4v) is 4.33. The molecule has 3 aromatic rings. The molecule has 0 aliphatic carbocycles. The summed E-state index contributed by atoms with van der Waals surface area (Å²) in [5, 5.41) is 3.22. The normalized spacial score (nSPS) is 15.8. The second-order valence-corrected chi connectivity index (χ2v) is 8.29. The van der Waals surface area contributed by atoms with Gasteiger partial charge in [-0.15, -0.1) is 11.3 Å². The quantitative estimate of drug-likeness (QED) is 0.528. The van der Waals surface area contributed by atoms with Crippen molar-refractivity contribution < 1.29 is 18.7 Å². The molecule has 0 saturated heterocycles. The lowest BCUT2D eigenvalue weighted by Gasteiger charge is -2.33. The van der Waals surface area contributed by atoms with Gasteiger partial charge in [-0.3, -0.25) is 4.79 Å². The Bertz CT molecular complexity index is 1070. The van der Waals surface area contributed by atoms with Gasteiger partial charge >= 0.3 is 0 Å². The van der Waals surface area contributed by atoms with E-state index in [4.69, 9.17) is 21.1 Å². The number of aromatic nitrogens is 1. The highest BCUT2D eigenvalue weighted by atomic mass is 35.5. The molecule has 1 aromatic heterocycles. The van der Waals surface area contributed by atoms with Crippen LogP contribution in [-0.4, -0.2) is 30.7 Å². The van der Waals surface area contributed by atoms with E-state index in [2.05, 4.69) is 4.98 Å². The molecule has 1 aliphatic rings. The summed E-state index contributed by atoms with van der Waals surface area (Å²) in [6.07, 6.45) is 0.0668. The van der Waals surface area contributed by atoms with Crippen LogP contribution >= 0.6 is 22.9 Å². The number of ether oxygens (including phenoxy) is 2. The molecular weight excluding hydrogens is 427 g/mol. The average molecular weight is 447 g/mol. The van der Waals surface area contributed by atoms with Crippen LogP contribution in [0.1, 0.15) is 17.5 Å². The average Bonchev–Trinajstić information content (AvgIpc) is 3.20. The minimum Gasteiger partial charge on any atom is -0.479 e. The number of benzene rings is 2. The van der Waals surface area contributed by atoms with Crippen molar-refractivity contribution in [2.75, 3.05) is 18.6 Å². The number of carbonyl (C=O) groups excluding carboxylic acids is 1. The lowest BCUT2D eigenvalue weighted by molar-refractivity contribution is -0.125. The zero-order valence-electron chi connectivity index (χ0n) is 16.5. The van der Waals surface area contributed by atoms with E-state index in [1.165, 1.54) is 11.0 Å². The maximum Gasteiger partial charge on any atom is 0.268 e. The smallest absolute Gasteiger partial charge is 0.268 e. The second-order valence-electron chi connectivity index (χ2n) is 6.94. The Balaban J connectivity index is 1.71. The molecule has 0 bridgehead atoms. The summed E-state index contributed by atoms with van der Waals surface area (Å²) in [5.41, 5.74) is 2.50. The van der Waals surface area contributed by atoms with Crippen LogP contribution in [0.3, 0.4) is 0 Å². The molecule has 1 unspecified atom stereocenters. The van der Waals surface area contributed by atoms with Crippen LogP contribution in [0.2, 0.25) is 5.02 Å². The van der Waals surface area contributed by atoms with E-state index in [9.17, 15) is 9.18 Å². The molecule has 156 valence electrons. The summed E-state index contributed by atoms with van der Waals surface area (Å²) in [4.78, 5) is 19.1. The Labute approximate surface area is 183 Å². The first-order chi connectivity index (χ1) is 14.5. The molecule has 1 atom stereocenters. The predicted octanol–water partition coefficient (Wildman–Crippen LogP) is 5.11. The molecule has 0 spiro atoms. The van der Waals surface area contributed by atoms with Gasteiger partial charge in [-0.2, -0.15) is 0 Å². The maximum absolute atomic E-state index is 14.4. The van der Waals surface area contributed by atoms with Gasteiger partial charge in [0.1, 0.15) is 11.6 Å². The predicted molar refractivity (Wildman–Crippen MR) is 116 cm³/mol. The zero-order chi connectivity index (χ0) is 21.3. The van der Waals surface area contributed by atoms with Gasteiger partial charge in [0.15, 0.2) is 6.10 Å². The van der Waals surface area contributed by atoms with Crippen LogP contribution in [0.25, 0.3) is 11.3 Å². The number of anilines is 1. The summed E-state index contributed by atoms with van der Waals surface area (Å²) < 4.78 is 25.3. The highest BCUT2D eigenvalue weighted by Crippen LogP contribution is 2.39. The Kier molecular flexibility index (Phi) is 6.04. The second kappa shape index (κ2) is 8.71. The van der Waals surface area contributed by atoms with Crippen molar-refractivity contribution in [2.45, 2.75) is 26.0 Å². The number of amides is 1. The summed E-state index contributed by atoms with van der Waals surface area (Å²) in [6.45, 7) is 2.30. The highest BCUT2D eigenvalue weighted by molar-refractivity contribution is 7.09. The van der Waals surface area contributed by atoms with Gasteiger partial charge in [0, 0.05) is 35.1 Å². The van der Waals surface area contributed by atoms with Crippen LogP contribution < -0.4 is 9.64 Å². The number of methoxy groups -OCH3 is 1. The third kappa shape index (κ3) is 4.05. The first kappa shape index (κ1) is 20.8. The maximum atomic E-state index is 14.4. The molecule has 1 aliphatic heterocycles. The van der Waals surface area contributed by atoms with Crippen molar-refractivity contribution in [3.05, 3.63) is 63.2 Å². The van der Waals surface area contributed by atoms with Crippen molar-refractivity contribution in [2.24, 2.45) is 0 Å². The van der Waals surface area contributed by atoms with Gasteiger partial charge in [-0.25, -0.2) is 9.37 Å². The largest absolute Gasteiger partial charge is 0.479 e. The van der Waals surface area contributed by atoms with Crippen LogP contribution in [0.15, 0.2) is 41.8 Å². The lowest BCUT2D eigenvalue weighted by Crippen LogP contribution is -2.44. The van der Waals surface area contributed by atoms with E-state index < -0.39 is 11.9 Å². The molecule has 1 amide bonds. The molecule has 4 rings (SSSR count). The molecule has 0 radical (unpaired) electrons. The Morgan fingerprint density at radius 3 is 2.93 bits per heavy atom. The Hall–Kier alpha value is -2.48. The van der Waals surface area contributed by atoms with Crippen LogP contribution in [0.5, 0.6) is 5.75 Å². The fraction of sp³-hybridized carbons (Fsp3) is 0.273. The number of nitrogens with zero attached hydrogens (tertiary/aromatic N) is 2. The number of fused-ring (bicyclic) bond motifs is 1. The Morgan fingerprint density at radius 1 is 1.33 bits per heavy atom. The summed E-state index contributed by atoms with van der Waals surface area (Å²) in [7, 11) is 1.66. The van der Waals surface area contributed by atoms with Crippen molar-refractivity contribution in [1.82, 2.24) is 4.98 Å². The molecule has 2 aromatic carbocycles. The van der Waals surface area contributed by atoms with E-state index in [0.717, 1.165) is 22.7 Å². The molecule has 2 heterocycles. The van der Waals surface area contributed by atoms with Gasteiger partial charge < -0.3 is 14.4 Å². The van der Waals surface area contributed by atoms with Crippen molar-refractivity contribution >= 4 is 34.5 Å². The standard InChI is InChI=1S/C22H20ClFN2O3S/c1-13-22(27)26(11-15-16(23)4-3-5-17(15)24)19-10-14(6-7-20(19)29-13)18-12-30-21(25-18)8-9-28-2/h3-7,10,12-13H,8-9,11H2,1-2H3. The van der Waals surface area contributed by atoms with E-state index in [-0.39, 0.29) is 23.0 Å². The minimum absolute atomic E-state index is 0.0185. The van der Waals surface area contributed by atoms with Gasteiger partial charge in [0.2, 0.25) is 0 Å². The molecule has 5 nitrogen and oxygen atoms in total. The van der Waals surface area contributed by atoms with Gasteiger partial charge in [0.05, 0.1) is 29.5 Å². The topological polar surface area (TPSA) is 51.7 Å². The number of hydrogen-bond donors (Lipinski definition) is 0. The molecule has 30 heavy (non-hydrogen) atoms. The Morgan fingerprint density at radius 2 is 2.17 bits per heavy atom. The minimum atomic E-state index is -0.672. The van der Waals surface area contributed by atoms with E-state index in [1.54, 1.807) is 37.5 Å². The van der Waals surface area contributed by atoms with E-state index in [1.807, 2.05) is 23.6 Å². The number of rotatable bonds is 6. The first-order valence-corrected chi connectivity index (χ1v) is 10.7. The highest BCUT2D eigenvalue weighted by Gasteiger charge is 2.33. The van der Waals surface area contributed by atoms with Crippen LogP contribution in [0, 0.1) is 5.82 Å². The number of hydrogen-bond acceptors (Lipinski definition) is 5. The van der Waals surface area contributed by atoms with Gasteiger partial charge in [0.25, 0.3) is 5.91 Å². The SMILES string of the molecule is COCCc1nc(-c2ccc3c(c2)N(Cc2c(F)cccc2Cl)C(=O)C(C)O3)cs1. The first-order valence-electron chi connectivity index (χ1n) is 9.46. The van der Waals surface area contributed by atoms with Crippen LogP contribution in [-0.2, 0) is 22.5 Å². The van der Waals surface area contributed by atoms with Crippen molar-refractivity contribution in [3.8, 4) is 17.0 Å². The molecular formula is C22H20ClFN2O3S. The summed E-state index contributed by atoms with van der Waals surface area (Å²) in [6, 6.07) is 10.1. The van der Waals surface area contributed by atoms with E-state index in [0.29, 0.717) is 18.0 Å². The fourth-order valence-electron chi connectivity index (χ4n) is 3.32. The lowest BCUT2D eigenvalue weighted by atomic mass is 10.1. The summed E-state index contributed by atoms with van der Waals surface area (Å²) >= 11 is 7.76. The number of thiazole rings is 1. The van der Waals surface area contributed by atoms with Gasteiger partial charge in [-0.05, 0) is 37.3 Å². The van der Waals surface area contributed by atoms with Gasteiger partial charge in [-0.1, -0.05) is 17.7 Å². The molecule has 0 fully saturated rings. The molecule has 0 N–H and O–H groups in total. The van der Waals surface area contributed by atoms with E-state index >= 15 is 0 Å². The third-order valence-electron chi connectivity index (χ3n) is 4.91. The molecule has 8 heteroatoms. The number of carbonyl (C=O) groups is 1. The summed E-state index contributed by atoms with van der Waals surface area (Å²) in [5.74, 6) is -0.138. The molecule has 0 saturated carbocycles. The number of halogens is 2. The van der Waals surface area contributed by atoms with Crippen molar-refractivity contribution in [3.63, 3.8) is 0 Å². The van der Waals surface area contributed by atoms with Crippen LogP contribution in [0.4, 0.5) is 10.1 Å².